The lowest BCUT2D eigenvalue weighted by molar-refractivity contribution is 0.108. The Morgan fingerprint density at radius 2 is 2.29 bits per heavy atom. The summed E-state index contributed by atoms with van der Waals surface area (Å²) >= 11 is 0. The van der Waals surface area contributed by atoms with Gasteiger partial charge in [-0.3, -0.25) is 0 Å². The zero-order valence-electron chi connectivity index (χ0n) is 4.94. The SMILES string of the molecule is C=C[C@](C)(O)CC. The van der Waals surface area contributed by atoms with Gasteiger partial charge in [-0.15, -0.1) is 6.58 Å². The second-order valence-electron chi connectivity index (χ2n) is 1.91. The minimum Gasteiger partial charge on any atom is -0.386 e. The number of hydrogen-bond donors (Lipinski definition) is 1. The van der Waals surface area contributed by atoms with Crippen molar-refractivity contribution in [1.29, 1.82) is 0 Å². The van der Waals surface area contributed by atoms with E-state index in [-0.39, 0.29) is 0 Å². The third-order valence-corrected chi connectivity index (χ3v) is 1.16. The van der Waals surface area contributed by atoms with Crippen molar-refractivity contribution in [3.8, 4) is 0 Å². The van der Waals surface area contributed by atoms with Gasteiger partial charge in [-0.05, 0) is 13.3 Å². The molecule has 1 atom stereocenters. The van der Waals surface area contributed by atoms with E-state index >= 15 is 0 Å². The summed E-state index contributed by atoms with van der Waals surface area (Å²) in [7, 11) is 0. The highest BCUT2D eigenvalue weighted by atomic mass is 16.3. The Morgan fingerprint density at radius 3 is 2.29 bits per heavy atom. The molecule has 0 spiro atoms. The topological polar surface area (TPSA) is 20.2 Å². The zero-order valence-corrected chi connectivity index (χ0v) is 4.94. The summed E-state index contributed by atoms with van der Waals surface area (Å²) in [5.41, 5.74) is -0.653. The fourth-order valence-electron chi connectivity index (χ4n) is 0.144. The third-order valence-electron chi connectivity index (χ3n) is 1.16. The van der Waals surface area contributed by atoms with Gasteiger partial charge >= 0.3 is 0 Å². The summed E-state index contributed by atoms with van der Waals surface area (Å²) < 4.78 is 0. The molecule has 0 aliphatic carbocycles. The summed E-state index contributed by atoms with van der Waals surface area (Å²) in [6.07, 6.45) is 2.28. The van der Waals surface area contributed by atoms with Crippen LogP contribution in [-0.2, 0) is 0 Å². The lowest BCUT2D eigenvalue weighted by atomic mass is 10.1. The predicted molar refractivity (Wildman–Crippen MR) is 31.1 cm³/mol. The van der Waals surface area contributed by atoms with Crippen molar-refractivity contribution >= 4 is 0 Å². The van der Waals surface area contributed by atoms with Gasteiger partial charge in [0.1, 0.15) is 0 Å². The van der Waals surface area contributed by atoms with Crippen LogP contribution in [0.25, 0.3) is 0 Å². The van der Waals surface area contributed by atoms with Crippen LogP contribution in [-0.4, -0.2) is 10.7 Å². The molecule has 1 N–H and O–H groups in total. The molecule has 42 valence electrons. The van der Waals surface area contributed by atoms with E-state index in [0.29, 0.717) is 0 Å². The molecule has 1 nitrogen and oxygen atoms in total. The molecule has 0 amide bonds. The van der Waals surface area contributed by atoms with E-state index < -0.39 is 5.60 Å². The molecule has 0 saturated carbocycles. The van der Waals surface area contributed by atoms with Crippen LogP contribution >= 0.6 is 0 Å². The summed E-state index contributed by atoms with van der Waals surface area (Å²) in [6, 6.07) is 0. The fourth-order valence-corrected chi connectivity index (χ4v) is 0.144. The van der Waals surface area contributed by atoms with Gasteiger partial charge in [0.25, 0.3) is 0 Å². The van der Waals surface area contributed by atoms with Crippen molar-refractivity contribution in [2.45, 2.75) is 25.9 Å². The Balaban J connectivity index is 3.58. The molecule has 0 aromatic rings. The fraction of sp³-hybridized carbons (Fsp3) is 0.667. The van der Waals surface area contributed by atoms with E-state index in [1.54, 1.807) is 13.0 Å². The normalized spacial score (nSPS) is 18.1. The highest BCUT2D eigenvalue weighted by molar-refractivity contribution is 4.89. The summed E-state index contributed by atoms with van der Waals surface area (Å²) in [6.45, 7) is 7.11. The predicted octanol–water partition coefficient (Wildman–Crippen LogP) is 1.33. The summed E-state index contributed by atoms with van der Waals surface area (Å²) in [5.74, 6) is 0. The van der Waals surface area contributed by atoms with E-state index in [1.165, 1.54) is 0 Å². The van der Waals surface area contributed by atoms with Crippen molar-refractivity contribution in [2.75, 3.05) is 0 Å². The maximum Gasteiger partial charge on any atom is 0.0794 e. The summed E-state index contributed by atoms with van der Waals surface area (Å²) in [4.78, 5) is 0. The Hall–Kier alpha value is -0.300. The van der Waals surface area contributed by atoms with Crippen molar-refractivity contribution in [2.24, 2.45) is 0 Å². The highest BCUT2D eigenvalue weighted by Gasteiger charge is 2.09. The second kappa shape index (κ2) is 2.12. The molecular formula is C6H12O. The van der Waals surface area contributed by atoms with Crippen molar-refractivity contribution < 1.29 is 5.11 Å². The lowest BCUT2D eigenvalue weighted by Gasteiger charge is -2.13. The van der Waals surface area contributed by atoms with Crippen LogP contribution in [0.2, 0.25) is 0 Å². The van der Waals surface area contributed by atoms with Crippen LogP contribution in [0.15, 0.2) is 12.7 Å². The molecule has 0 aliphatic heterocycles. The molecule has 0 rings (SSSR count). The molecule has 0 fully saturated rings. The van der Waals surface area contributed by atoms with Crippen molar-refractivity contribution in [3.63, 3.8) is 0 Å². The molecule has 1 heteroatoms. The Labute approximate surface area is 44.7 Å². The Bertz CT molecular complexity index is 64.6. The largest absolute Gasteiger partial charge is 0.386 e. The molecule has 0 aliphatic rings. The van der Waals surface area contributed by atoms with E-state index in [2.05, 4.69) is 6.58 Å². The first-order valence-corrected chi connectivity index (χ1v) is 2.48. The monoisotopic (exact) mass is 100 g/mol. The van der Waals surface area contributed by atoms with Crippen molar-refractivity contribution in [3.05, 3.63) is 12.7 Å². The average molecular weight is 100 g/mol. The van der Waals surface area contributed by atoms with Gasteiger partial charge in [0.05, 0.1) is 5.60 Å². The maximum absolute atomic E-state index is 9.01. The second-order valence-corrected chi connectivity index (χ2v) is 1.91. The first-order valence-electron chi connectivity index (χ1n) is 2.48. The van der Waals surface area contributed by atoms with E-state index in [1.807, 2.05) is 6.92 Å². The van der Waals surface area contributed by atoms with Crippen LogP contribution in [0.4, 0.5) is 0 Å². The third kappa shape index (κ3) is 2.40. The van der Waals surface area contributed by atoms with Gasteiger partial charge in [-0.2, -0.15) is 0 Å². The molecule has 7 heavy (non-hydrogen) atoms. The molecule has 0 radical (unpaired) electrons. The Morgan fingerprint density at radius 1 is 1.86 bits per heavy atom. The standard InChI is InChI=1S/C6H12O/c1-4-6(3,7)5-2/h4,7H,1,5H2,2-3H3/t6-/m0/s1. The number of aliphatic hydroxyl groups is 1. The van der Waals surface area contributed by atoms with Gasteiger partial charge in [-0.25, -0.2) is 0 Å². The van der Waals surface area contributed by atoms with E-state index in [0.717, 1.165) is 6.42 Å². The molecule has 0 aromatic heterocycles. The van der Waals surface area contributed by atoms with Crippen LogP contribution < -0.4 is 0 Å². The van der Waals surface area contributed by atoms with Crippen molar-refractivity contribution in [1.82, 2.24) is 0 Å². The molecule has 0 saturated heterocycles. The first-order chi connectivity index (χ1) is 3.12. The molecule has 0 aromatic carbocycles. The van der Waals surface area contributed by atoms with Crippen LogP contribution in [0, 0.1) is 0 Å². The van der Waals surface area contributed by atoms with Crippen LogP contribution in [0.1, 0.15) is 20.3 Å². The van der Waals surface area contributed by atoms with Gasteiger partial charge in [-0.1, -0.05) is 13.0 Å². The van der Waals surface area contributed by atoms with Crippen LogP contribution in [0.5, 0.6) is 0 Å². The van der Waals surface area contributed by atoms with Gasteiger partial charge in [0, 0.05) is 0 Å². The van der Waals surface area contributed by atoms with E-state index in [9.17, 15) is 0 Å². The van der Waals surface area contributed by atoms with E-state index in [4.69, 9.17) is 5.11 Å². The summed E-state index contributed by atoms with van der Waals surface area (Å²) in [5, 5.41) is 9.01. The molecule has 0 heterocycles. The number of hydrogen-bond acceptors (Lipinski definition) is 1. The smallest absolute Gasteiger partial charge is 0.0794 e. The van der Waals surface area contributed by atoms with Gasteiger partial charge in [0.2, 0.25) is 0 Å². The zero-order chi connectivity index (χ0) is 5.91. The van der Waals surface area contributed by atoms with Crippen LogP contribution in [0.3, 0.4) is 0 Å². The van der Waals surface area contributed by atoms with Gasteiger partial charge in [0.15, 0.2) is 0 Å². The lowest BCUT2D eigenvalue weighted by Crippen LogP contribution is -2.17. The molecular weight excluding hydrogens is 88.1 g/mol. The maximum atomic E-state index is 9.01. The minimum atomic E-state index is -0.653. The highest BCUT2D eigenvalue weighted by Crippen LogP contribution is 2.07. The quantitative estimate of drug-likeness (QED) is 0.519. The average Bonchev–Trinajstić information content (AvgIpc) is 1.68. The first kappa shape index (κ1) is 6.70. The van der Waals surface area contributed by atoms with Gasteiger partial charge < -0.3 is 5.11 Å². The minimum absolute atomic E-state index is 0.653. The Kier molecular flexibility index (Phi) is 2.03. The molecule has 0 unspecified atom stereocenters. The number of rotatable bonds is 2. The molecule has 0 bridgehead atoms.